The summed E-state index contributed by atoms with van der Waals surface area (Å²) < 4.78 is 0. The van der Waals surface area contributed by atoms with Crippen LogP contribution in [0.3, 0.4) is 0 Å². The van der Waals surface area contributed by atoms with Gasteiger partial charge in [-0.15, -0.1) is 0 Å². The highest BCUT2D eigenvalue weighted by Gasteiger charge is 2.14. The summed E-state index contributed by atoms with van der Waals surface area (Å²) in [4.78, 5) is 8.95. The molecule has 1 N–H and O–H groups in total. The molecule has 3 rings (SSSR count). The van der Waals surface area contributed by atoms with Crippen molar-refractivity contribution in [2.75, 3.05) is 13.1 Å². The van der Waals surface area contributed by atoms with E-state index in [4.69, 9.17) is 0 Å². The lowest BCUT2D eigenvalue weighted by Crippen LogP contribution is -2.28. The van der Waals surface area contributed by atoms with Crippen LogP contribution in [-0.2, 0) is 6.42 Å². The van der Waals surface area contributed by atoms with Gasteiger partial charge in [-0.2, -0.15) is 0 Å². The number of piperidine rings is 1. The van der Waals surface area contributed by atoms with E-state index in [-0.39, 0.29) is 0 Å². The van der Waals surface area contributed by atoms with Crippen molar-refractivity contribution in [3.05, 3.63) is 36.2 Å². The molecule has 1 saturated heterocycles. The van der Waals surface area contributed by atoms with Gasteiger partial charge in [0.25, 0.3) is 0 Å². The Balaban J connectivity index is 1.80. The largest absolute Gasteiger partial charge is 0.317 e. The molecule has 88 valence electrons. The predicted octanol–water partition coefficient (Wildman–Crippen LogP) is 2.17. The summed E-state index contributed by atoms with van der Waals surface area (Å²) in [5, 5.41) is 4.52. The molecule has 17 heavy (non-hydrogen) atoms. The van der Waals surface area contributed by atoms with Crippen molar-refractivity contribution in [1.82, 2.24) is 15.3 Å². The van der Waals surface area contributed by atoms with E-state index in [2.05, 4.69) is 33.5 Å². The molecule has 0 atom stereocenters. The maximum absolute atomic E-state index is 4.64. The Morgan fingerprint density at radius 2 is 2.06 bits per heavy atom. The molecule has 1 aliphatic heterocycles. The second kappa shape index (κ2) is 4.80. The smallest absolute Gasteiger partial charge is 0.159 e. The molecule has 0 amide bonds. The SMILES string of the molecule is c1cnc2nc(CC3CCNCC3)ccc2c1. The number of aromatic nitrogens is 2. The zero-order valence-electron chi connectivity index (χ0n) is 9.89. The van der Waals surface area contributed by atoms with Crippen molar-refractivity contribution in [1.29, 1.82) is 0 Å². The van der Waals surface area contributed by atoms with Crippen LogP contribution in [0.1, 0.15) is 18.5 Å². The molecule has 0 unspecified atom stereocenters. The van der Waals surface area contributed by atoms with Gasteiger partial charge < -0.3 is 5.32 Å². The standard InChI is InChI=1S/C14H17N3/c1-2-12-3-4-13(17-14(12)16-7-1)10-11-5-8-15-9-6-11/h1-4,7,11,15H,5-6,8-10H2. The quantitative estimate of drug-likeness (QED) is 0.854. The topological polar surface area (TPSA) is 37.8 Å². The Kier molecular flexibility index (Phi) is 3.01. The predicted molar refractivity (Wildman–Crippen MR) is 68.8 cm³/mol. The van der Waals surface area contributed by atoms with E-state index < -0.39 is 0 Å². The van der Waals surface area contributed by atoms with Crippen LogP contribution in [0.2, 0.25) is 0 Å². The Morgan fingerprint density at radius 1 is 1.18 bits per heavy atom. The van der Waals surface area contributed by atoms with E-state index in [0.29, 0.717) is 0 Å². The lowest BCUT2D eigenvalue weighted by atomic mass is 9.93. The lowest BCUT2D eigenvalue weighted by Gasteiger charge is -2.22. The molecule has 1 aliphatic rings. The van der Waals surface area contributed by atoms with E-state index in [9.17, 15) is 0 Å². The maximum Gasteiger partial charge on any atom is 0.159 e. The van der Waals surface area contributed by atoms with Gasteiger partial charge in [0, 0.05) is 17.3 Å². The van der Waals surface area contributed by atoms with E-state index in [1.807, 2.05) is 12.3 Å². The molecule has 0 spiro atoms. The summed E-state index contributed by atoms with van der Waals surface area (Å²) in [5.41, 5.74) is 2.06. The zero-order chi connectivity index (χ0) is 11.5. The monoisotopic (exact) mass is 227 g/mol. The van der Waals surface area contributed by atoms with Gasteiger partial charge in [-0.3, -0.25) is 0 Å². The van der Waals surface area contributed by atoms with Crippen molar-refractivity contribution >= 4 is 11.0 Å². The first kappa shape index (κ1) is 10.7. The number of hydrogen-bond donors (Lipinski definition) is 1. The number of pyridine rings is 2. The van der Waals surface area contributed by atoms with Crippen LogP contribution in [-0.4, -0.2) is 23.1 Å². The van der Waals surface area contributed by atoms with Crippen molar-refractivity contribution in [2.24, 2.45) is 5.92 Å². The molecule has 2 aromatic heterocycles. The Hall–Kier alpha value is -1.48. The van der Waals surface area contributed by atoms with Crippen LogP contribution in [0.5, 0.6) is 0 Å². The lowest BCUT2D eigenvalue weighted by molar-refractivity contribution is 0.370. The highest BCUT2D eigenvalue weighted by molar-refractivity contribution is 5.74. The number of fused-ring (bicyclic) bond motifs is 1. The molecule has 0 saturated carbocycles. The molecule has 0 aromatic carbocycles. The second-order valence-corrected chi connectivity index (χ2v) is 4.75. The van der Waals surface area contributed by atoms with Gasteiger partial charge in [-0.1, -0.05) is 0 Å². The maximum atomic E-state index is 4.64. The van der Waals surface area contributed by atoms with Gasteiger partial charge in [0.05, 0.1) is 0 Å². The summed E-state index contributed by atoms with van der Waals surface area (Å²) in [7, 11) is 0. The Bertz CT molecular complexity index is 504. The Morgan fingerprint density at radius 3 is 2.94 bits per heavy atom. The first-order chi connectivity index (χ1) is 8.42. The molecule has 0 radical (unpaired) electrons. The molecule has 3 heterocycles. The fourth-order valence-corrected chi connectivity index (χ4v) is 2.49. The average molecular weight is 227 g/mol. The molecule has 3 nitrogen and oxygen atoms in total. The van der Waals surface area contributed by atoms with Gasteiger partial charge in [0.2, 0.25) is 0 Å². The second-order valence-electron chi connectivity index (χ2n) is 4.75. The van der Waals surface area contributed by atoms with E-state index >= 15 is 0 Å². The van der Waals surface area contributed by atoms with Gasteiger partial charge in [-0.25, -0.2) is 9.97 Å². The molecular formula is C14H17N3. The van der Waals surface area contributed by atoms with Gasteiger partial charge in [0.1, 0.15) is 0 Å². The van der Waals surface area contributed by atoms with E-state index in [0.717, 1.165) is 36.5 Å². The first-order valence-electron chi connectivity index (χ1n) is 6.33. The van der Waals surface area contributed by atoms with Gasteiger partial charge in [-0.05, 0) is 62.5 Å². The zero-order valence-corrected chi connectivity index (χ0v) is 9.89. The summed E-state index contributed by atoms with van der Waals surface area (Å²) in [6, 6.07) is 8.29. The average Bonchev–Trinajstić information content (AvgIpc) is 2.40. The van der Waals surface area contributed by atoms with Crippen molar-refractivity contribution in [3.8, 4) is 0 Å². The minimum atomic E-state index is 0.782. The van der Waals surface area contributed by atoms with Crippen molar-refractivity contribution in [2.45, 2.75) is 19.3 Å². The van der Waals surface area contributed by atoms with Gasteiger partial charge in [0.15, 0.2) is 5.65 Å². The van der Waals surface area contributed by atoms with Crippen LogP contribution < -0.4 is 5.32 Å². The third-order valence-electron chi connectivity index (χ3n) is 3.48. The Labute approximate surface area is 101 Å². The highest BCUT2D eigenvalue weighted by Crippen LogP contribution is 2.18. The van der Waals surface area contributed by atoms with Crippen LogP contribution in [0.25, 0.3) is 11.0 Å². The molecule has 1 fully saturated rings. The minimum Gasteiger partial charge on any atom is -0.317 e. The van der Waals surface area contributed by atoms with Crippen LogP contribution in [0.4, 0.5) is 0 Å². The van der Waals surface area contributed by atoms with Crippen molar-refractivity contribution in [3.63, 3.8) is 0 Å². The number of nitrogens with one attached hydrogen (secondary N) is 1. The molecule has 0 aliphatic carbocycles. The van der Waals surface area contributed by atoms with Crippen molar-refractivity contribution < 1.29 is 0 Å². The molecular weight excluding hydrogens is 210 g/mol. The third-order valence-corrected chi connectivity index (χ3v) is 3.48. The number of nitrogens with zero attached hydrogens (tertiary/aromatic N) is 2. The van der Waals surface area contributed by atoms with Crippen LogP contribution in [0, 0.1) is 5.92 Å². The fraction of sp³-hybridized carbons (Fsp3) is 0.429. The van der Waals surface area contributed by atoms with E-state index in [1.54, 1.807) is 0 Å². The first-order valence-corrected chi connectivity index (χ1v) is 6.33. The summed E-state index contributed by atoms with van der Waals surface area (Å²) in [6.45, 7) is 2.30. The fourth-order valence-electron chi connectivity index (χ4n) is 2.49. The normalized spacial score (nSPS) is 17.4. The summed E-state index contributed by atoms with van der Waals surface area (Å²) >= 11 is 0. The third kappa shape index (κ3) is 2.44. The van der Waals surface area contributed by atoms with E-state index in [1.165, 1.54) is 18.5 Å². The molecule has 3 heteroatoms. The van der Waals surface area contributed by atoms with Gasteiger partial charge >= 0.3 is 0 Å². The highest BCUT2D eigenvalue weighted by atomic mass is 14.9. The minimum absolute atomic E-state index is 0.782. The summed E-state index contributed by atoms with van der Waals surface area (Å²) in [6.07, 6.45) is 5.43. The van der Waals surface area contributed by atoms with Crippen LogP contribution in [0.15, 0.2) is 30.5 Å². The summed E-state index contributed by atoms with van der Waals surface area (Å²) in [5.74, 6) is 0.782. The van der Waals surface area contributed by atoms with Crippen LogP contribution >= 0.6 is 0 Å². The molecule has 0 bridgehead atoms. The number of rotatable bonds is 2. The molecule has 2 aromatic rings. The number of hydrogen-bond acceptors (Lipinski definition) is 3.